The fraction of sp³-hybridized carbons (Fsp3) is 0.467. The molecule has 5 heteroatoms. The van der Waals surface area contributed by atoms with Gasteiger partial charge in [-0.1, -0.05) is 26.0 Å². The Hall–Kier alpha value is -2.04. The molecule has 2 N–H and O–H groups in total. The second-order valence-corrected chi connectivity index (χ2v) is 6.02. The van der Waals surface area contributed by atoms with Gasteiger partial charge in [-0.15, -0.1) is 0 Å². The number of aliphatic carboxylic acids is 1. The second-order valence-electron chi connectivity index (χ2n) is 6.02. The van der Waals surface area contributed by atoms with E-state index in [1.54, 1.807) is 0 Å². The van der Waals surface area contributed by atoms with E-state index in [9.17, 15) is 9.59 Å². The van der Waals surface area contributed by atoms with Crippen LogP contribution in [0.1, 0.15) is 13.8 Å². The minimum Gasteiger partial charge on any atom is -0.481 e. The first-order valence-corrected chi connectivity index (χ1v) is 6.57. The van der Waals surface area contributed by atoms with Crippen molar-refractivity contribution in [3.8, 4) is 0 Å². The maximum atomic E-state index is 12.3. The van der Waals surface area contributed by atoms with Gasteiger partial charge in [-0.25, -0.2) is 0 Å². The van der Waals surface area contributed by atoms with Gasteiger partial charge in [0.2, 0.25) is 5.91 Å². The standard InChI is InChI=1S/C15H20N2O3/c1-15(2)11(12(15)14(19)20)13(18)16-9-7-5-6-8-10(9)17(3)4/h5-8,11-12H,1-4H3,(H,16,18)(H,19,20). The molecule has 1 fully saturated rings. The fourth-order valence-electron chi connectivity index (χ4n) is 2.77. The van der Waals surface area contributed by atoms with E-state index >= 15 is 0 Å². The SMILES string of the molecule is CN(C)c1ccccc1NC(=O)C1C(C(=O)O)C1(C)C. The number of hydrogen-bond acceptors (Lipinski definition) is 3. The largest absolute Gasteiger partial charge is 0.481 e. The molecule has 0 spiro atoms. The van der Waals surface area contributed by atoms with Crippen LogP contribution in [0, 0.1) is 17.3 Å². The summed E-state index contributed by atoms with van der Waals surface area (Å²) >= 11 is 0. The molecule has 1 saturated carbocycles. The molecule has 2 unspecified atom stereocenters. The summed E-state index contributed by atoms with van der Waals surface area (Å²) in [6, 6.07) is 7.46. The Morgan fingerprint density at radius 2 is 1.80 bits per heavy atom. The van der Waals surface area contributed by atoms with E-state index in [1.165, 1.54) is 0 Å². The van der Waals surface area contributed by atoms with Crippen molar-refractivity contribution in [1.29, 1.82) is 0 Å². The minimum absolute atomic E-state index is 0.225. The van der Waals surface area contributed by atoms with Crippen LogP contribution < -0.4 is 10.2 Å². The highest BCUT2D eigenvalue weighted by Crippen LogP contribution is 2.58. The number of carbonyl (C=O) groups is 2. The molecule has 0 saturated heterocycles. The van der Waals surface area contributed by atoms with Gasteiger partial charge in [-0.05, 0) is 17.5 Å². The van der Waals surface area contributed by atoms with Gasteiger partial charge >= 0.3 is 5.97 Å². The molecule has 1 aliphatic carbocycles. The Bertz CT molecular complexity index is 552. The van der Waals surface area contributed by atoms with Crippen molar-refractivity contribution in [3.05, 3.63) is 24.3 Å². The van der Waals surface area contributed by atoms with Gasteiger partial charge in [0.05, 0.1) is 23.2 Å². The number of hydrogen-bond donors (Lipinski definition) is 2. The average Bonchev–Trinajstić information content (AvgIpc) is 2.93. The lowest BCUT2D eigenvalue weighted by atomic mass is 10.1. The Morgan fingerprint density at radius 1 is 1.20 bits per heavy atom. The van der Waals surface area contributed by atoms with Crippen LogP contribution in [0.4, 0.5) is 11.4 Å². The monoisotopic (exact) mass is 276 g/mol. The Labute approximate surface area is 118 Å². The van der Waals surface area contributed by atoms with Crippen LogP contribution >= 0.6 is 0 Å². The van der Waals surface area contributed by atoms with Crippen molar-refractivity contribution < 1.29 is 14.7 Å². The highest BCUT2D eigenvalue weighted by atomic mass is 16.4. The van der Waals surface area contributed by atoms with Gasteiger partial charge in [0.25, 0.3) is 0 Å². The van der Waals surface area contributed by atoms with Crippen molar-refractivity contribution >= 4 is 23.3 Å². The molecule has 0 aliphatic heterocycles. The summed E-state index contributed by atoms with van der Waals surface area (Å²) in [4.78, 5) is 25.3. The maximum absolute atomic E-state index is 12.3. The van der Waals surface area contributed by atoms with Crippen molar-refractivity contribution in [3.63, 3.8) is 0 Å². The number of carbonyl (C=O) groups excluding carboxylic acids is 1. The minimum atomic E-state index is -0.906. The Kier molecular flexibility index (Phi) is 3.46. The molecule has 0 aromatic heterocycles. The normalized spacial score (nSPS) is 23.0. The number of amides is 1. The molecule has 20 heavy (non-hydrogen) atoms. The highest BCUT2D eigenvalue weighted by Gasteiger charge is 2.65. The zero-order valence-corrected chi connectivity index (χ0v) is 12.2. The van der Waals surface area contributed by atoms with Gasteiger partial charge in [0.1, 0.15) is 0 Å². The maximum Gasteiger partial charge on any atom is 0.307 e. The quantitative estimate of drug-likeness (QED) is 0.883. The van der Waals surface area contributed by atoms with Crippen molar-refractivity contribution in [2.45, 2.75) is 13.8 Å². The van der Waals surface area contributed by atoms with E-state index in [4.69, 9.17) is 5.11 Å². The molecule has 1 aliphatic rings. The summed E-state index contributed by atoms with van der Waals surface area (Å²) in [5, 5.41) is 12.0. The summed E-state index contributed by atoms with van der Waals surface area (Å²) in [6.45, 7) is 3.63. The third-order valence-electron chi connectivity index (χ3n) is 4.02. The predicted octanol–water partition coefficient (Wildman–Crippen LogP) is 2.05. The van der Waals surface area contributed by atoms with E-state index < -0.39 is 23.2 Å². The smallest absolute Gasteiger partial charge is 0.307 e. The van der Waals surface area contributed by atoms with Gasteiger partial charge in [0, 0.05) is 14.1 Å². The lowest BCUT2D eigenvalue weighted by molar-refractivity contribution is -0.140. The summed E-state index contributed by atoms with van der Waals surface area (Å²) in [7, 11) is 3.79. The molecular weight excluding hydrogens is 256 g/mol. The highest BCUT2D eigenvalue weighted by molar-refractivity contribution is 6.01. The third-order valence-corrected chi connectivity index (χ3v) is 4.02. The van der Waals surface area contributed by atoms with E-state index in [1.807, 2.05) is 57.1 Å². The van der Waals surface area contributed by atoms with Gasteiger partial charge in [0.15, 0.2) is 0 Å². The number of rotatable bonds is 4. The van der Waals surface area contributed by atoms with Gasteiger partial charge in [-0.3, -0.25) is 9.59 Å². The van der Waals surface area contributed by atoms with Crippen molar-refractivity contribution in [1.82, 2.24) is 0 Å². The molecule has 1 aromatic rings. The van der Waals surface area contributed by atoms with E-state index in [-0.39, 0.29) is 5.91 Å². The lowest BCUT2D eigenvalue weighted by Crippen LogP contribution is -2.20. The topological polar surface area (TPSA) is 69.6 Å². The van der Waals surface area contributed by atoms with Gasteiger partial charge < -0.3 is 15.3 Å². The molecule has 1 aromatic carbocycles. The molecule has 0 radical (unpaired) electrons. The first kappa shape index (κ1) is 14.4. The number of para-hydroxylation sites is 2. The molecule has 2 atom stereocenters. The zero-order valence-electron chi connectivity index (χ0n) is 12.2. The number of nitrogens with one attached hydrogen (secondary N) is 1. The second kappa shape index (κ2) is 4.81. The van der Waals surface area contributed by atoms with Crippen LogP contribution in [0.5, 0.6) is 0 Å². The van der Waals surface area contributed by atoms with E-state index in [2.05, 4.69) is 5.32 Å². The van der Waals surface area contributed by atoms with Crippen LogP contribution in [0.15, 0.2) is 24.3 Å². The van der Waals surface area contributed by atoms with Crippen LogP contribution in [0.25, 0.3) is 0 Å². The molecule has 108 valence electrons. The molecule has 1 amide bonds. The summed E-state index contributed by atoms with van der Waals surface area (Å²) in [5.74, 6) is -2.21. The van der Waals surface area contributed by atoms with Crippen molar-refractivity contribution in [2.24, 2.45) is 17.3 Å². The predicted molar refractivity (Wildman–Crippen MR) is 77.8 cm³/mol. The molecule has 5 nitrogen and oxygen atoms in total. The zero-order chi connectivity index (χ0) is 15.1. The van der Waals surface area contributed by atoms with E-state index in [0.29, 0.717) is 5.69 Å². The van der Waals surface area contributed by atoms with E-state index in [0.717, 1.165) is 5.69 Å². The van der Waals surface area contributed by atoms with Crippen molar-refractivity contribution in [2.75, 3.05) is 24.3 Å². The first-order valence-electron chi connectivity index (χ1n) is 6.57. The number of nitrogens with zero attached hydrogens (tertiary/aromatic N) is 1. The van der Waals surface area contributed by atoms with Crippen LogP contribution in [0.2, 0.25) is 0 Å². The van der Waals surface area contributed by atoms with Crippen LogP contribution in [-0.4, -0.2) is 31.1 Å². The third kappa shape index (κ3) is 2.35. The number of carboxylic acid groups (broad SMARTS) is 1. The molecular formula is C15H20N2O3. The number of carboxylic acids is 1. The summed E-state index contributed by atoms with van der Waals surface area (Å²) < 4.78 is 0. The molecule has 2 rings (SSSR count). The Balaban J connectivity index is 2.16. The van der Waals surface area contributed by atoms with Crippen LogP contribution in [-0.2, 0) is 9.59 Å². The first-order chi connectivity index (χ1) is 9.26. The fourth-order valence-corrected chi connectivity index (χ4v) is 2.77. The number of benzene rings is 1. The van der Waals surface area contributed by atoms with Crippen LogP contribution in [0.3, 0.4) is 0 Å². The number of anilines is 2. The Morgan fingerprint density at radius 3 is 2.30 bits per heavy atom. The van der Waals surface area contributed by atoms with Gasteiger partial charge in [-0.2, -0.15) is 0 Å². The average molecular weight is 276 g/mol. The molecule has 0 heterocycles. The lowest BCUT2D eigenvalue weighted by Gasteiger charge is -2.17. The molecule has 0 bridgehead atoms. The summed E-state index contributed by atoms with van der Waals surface area (Å²) in [5.41, 5.74) is 1.11. The summed E-state index contributed by atoms with van der Waals surface area (Å²) in [6.07, 6.45) is 0.